The molecule has 0 aromatic carbocycles. The SMILES string of the molecule is Cc1cc(Nc2nccc(NC3CC3)n2)no1. The Morgan fingerprint density at radius 2 is 2.24 bits per heavy atom. The Morgan fingerprint density at radius 3 is 2.94 bits per heavy atom. The first kappa shape index (κ1) is 10.1. The number of aryl methyl sites for hydroxylation is 1. The first-order chi connectivity index (χ1) is 8.29. The van der Waals surface area contributed by atoms with Gasteiger partial charge in [0.2, 0.25) is 5.95 Å². The summed E-state index contributed by atoms with van der Waals surface area (Å²) in [5.74, 6) is 2.72. The molecule has 1 aliphatic rings. The Bertz CT molecular complexity index is 520. The van der Waals surface area contributed by atoms with Crippen LogP contribution in [0.1, 0.15) is 18.6 Å². The van der Waals surface area contributed by atoms with Crippen LogP contribution in [0.3, 0.4) is 0 Å². The molecule has 6 nitrogen and oxygen atoms in total. The molecule has 2 heterocycles. The molecule has 0 amide bonds. The highest BCUT2D eigenvalue weighted by Crippen LogP contribution is 2.24. The van der Waals surface area contributed by atoms with Crippen molar-refractivity contribution in [1.82, 2.24) is 15.1 Å². The van der Waals surface area contributed by atoms with E-state index >= 15 is 0 Å². The van der Waals surface area contributed by atoms with E-state index < -0.39 is 0 Å². The van der Waals surface area contributed by atoms with Crippen molar-refractivity contribution in [3.63, 3.8) is 0 Å². The van der Waals surface area contributed by atoms with E-state index in [9.17, 15) is 0 Å². The predicted octanol–water partition coefficient (Wildman–Crippen LogP) is 2.09. The Kier molecular flexibility index (Phi) is 2.40. The van der Waals surface area contributed by atoms with Crippen molar-refractivity contribution >= 4 is 17.6 Å². The van der Waals surface area contributed by atoms with Crippen LogP contribution in [0.25, 0.3) is 0 Å². The van der Waals surface area contributed by atoms with E-state index in [-0.39, 0.29) is 0 Å². The van der Waals surface area contributed by atoms with E-state index in [2.05, 4.69) is 25.8 Å². The summed E-state index contributed by atoms with van der Waals surface area (Å²) in [7, 11) is 0. The van der Waals surface area contributed by atoms with Crippen LogP contribution in [0, 0.1) is 6.92 Å². The van der Waals surface area contributed by atoms with Crippen molar-refractivity contribution in [3.05, 3.63) is 24.1 Å². The third kappa shape index (κ3) is 2.52. The molecule has 1 aliphatic carbocycles. The van der Waals surface area contributed by atoms with Crippen molar-refractivity contribution in [2.45, 2.75) is 25.8 Å². The number of hydrogen-bond acceptors (Lipinski definition) is 6. The molecule has 0 saturated heterocycles. The normalized spacial score (nSPS) is 14.6. The second-order valence-electron chi connectivity index (χ2n) is 4.13. The molecule has 6 heteroatoms. The van der Waals surface area contributed by atoms with Gasteiger partial charge in [0.15, 0.2) is 5.82 Å². The molecule has 1 fully saturated rings. The van der Waals surface area contributed by atoms with Crippen LogP contribution >= 0.6 is 0 Å². The Labute approximate surface area is 98.4 Å². The molecule has 2 aromatic heterocycles. The van der Waals surface area contributed by atoms with Gasteiger partial charge in [-0.25, -0.2) is 4.98 Å². The summed E-state index contributed by atoms with van der Waals surface area (Å²) in [5, 5.41) is 10.1. The molecule has 0 radical (unpaired) electrons. The summed E-state index contributed by atoms with van der Waals surface area (Å²) in [6.07, 6.45) is 4.15. The van der Waals surface area contributed by atoms with Gasteiger partial charge >= 0.3 is 0 Å². The Morgan fingerprint density at radius 1 is 1.35 bits per heavy atom. The minimum Gasteiger partial charge on any atom is -0.367 e. The first-order valence-corrected chi connectivity index (χ1v) is 5.59. The highest BCUT2D eigenvalue weighted by atomic mass is 16.5. The van der Waals surface area contributed by atoms with Crippen LogP contribution in [0.15, 0.2) is 22.9 Å². The van der Waals surface area contributed by atoms with E-state index in [1.54, 1.807) is 12.3 Å². The molecule has 0 unspecified atom stereocenters. The van der Waals surface area contributed by atoms with Crippen LogP contribution < -0.4 is 10.6 Å². The number of nitrogens with zero attached hydrogens (tertiary/aromatic N) is 3. The maximum absolute atomic E-state index is 4.96. The quantitative estimate of drug-likeness (QED) is 0.839. The van der Waals surface area contributed by atoms with Crippen LogP contribution in [0.4, 0.5) is 17.6 Å². The zero-order valence-corrected chi connectivity index (χ0v) is 9.47. The fourth-order valence-corrected chi connectivity index (χ4v) is 1.48. The summed E-state index contributed by atoms with van der Waals surface area (Å²) >= 11 is 0. The van der Waals surface area contributed by atoms with E-state index in [0.717, 1.165) is 11.6 Å². The zero-order chi connectivity index (χ0) is 11.7. The number of anilines is 3. The zero-order valence-electron chi connectivity index (χ0n) is 9.47. The summed E-state index contributed by atoms with van der Waals surface area (Å²) in [4.78, 5) is 8.47. The predicted molar refractivity (Wildman–Crippen MR) is 63.2 cm³/mol. The average Bonchev–Trinajstić information content (AvgIpc) is 3.02. The molecule has 1 saturated carbocycles. The lowest BCUT2D eigenvalue weighted by atomic mass is 10.5. The van der Waals surface area contributed by atoms with Gasteiger partial charge in [0.05, 0.1) is 0 Å². The Hall–Kier alpha value is -2.11. The van der Waals surface area contributed by atoms with E-state index in [1.165, 1.54) is 12.8 Å². The average molecular weight is 231 g/mol. The van der Waals surface area contributed by atoms with Gasteiger partial charge in [-0.1, -0.05) is 5.16 Å². The Balaban J connectivity index is 1.73. The maximum Gasteiger partial charge on any atom is 0.230 e. The lowest BCUT2D eigenvalue weighted by Crippen LogP contribution is -2.05. The molecule has 0 aliphatic heterocycles. The van der Waals surface area contributed by atoms with E-state index in [0.29, 0.717) is 17.8 Å². The topological polar surface area (TPSA) is 75.9 Å². The fraction of sp³-hybridized carbons (Fsp3) is 0.364. The van der Waals surface area contributed by atoms with Crippen molar-refractivity contribution < 1.29 is 4.52 Å². The van der Waals surface area contributed by atoms with Gasteiger partial charge in [-0.15, -0.1) is 0 Å². The second-order valence-corrected chi connectivity index (χ2v) is 4.13. The third-order valence-corrected chi connectivity index (χ3v) is 2.45. The first-order valence-electron chi connectivity index (χ1n) is 5.59. The highest BCUT2D eigenvalue weighted by molar-refractivity contribution is 5.50. The van der Waals surface area contributed by atoms with Crippen LogP contribution in [-0.4, -0.2) is 21.2 Å². The maximum atomic E-state index is 4.96. The van der Waals surface area contributed by atoms with E-state index in [4.69, 9.17) is 4.52 Å². The number of nitrogens with one attached hydrogen (secondary N) is 2. The number of rotatable bonds is 4. The second kappa shape index (κ2) is 4.04. The summed E-state index contributed by atoms with van der Waals surface area (Å²) in [6.45, 7) is 1.84. The van der Waals surface area contributed by atoms with Gasteiger partial charge in [0.25, 0.3) is 0 Å². The molecule has 2 N–H and O–H groups in total. The van der Waals surface area contributed by atoms with Gasteiger partial charge in [0, 0.05) is 18.3 Å². The number of aromatic nitrogens is 3. The molecule has 3 rings (SSSR count). The van der Waals surface area contributed by atoms with Gasteiger partial charge in [-0.2, -0.15) is 4.98 Å². The fourth-order valence-electron chi connectivity index (χ4n) is 1.48. The van der Waals surface area contributed by atoms with Crippen molar-refractivity contribution in [3.8, 4) is 0 Å². The van der Waals surface area contributed by atoms with Crippen molar-refractivity contribution in [1.29, 1.82) is 0 Å². The van der Waals surface area contributed by atoms with Crippen LogP contribution in [0.5, 0.6) is 0 Å². The van der Waals surface area contributed by atoms with Gasteiger partial charge in [0.1, 0.15) is 11.6 Å². The molecule has 0 spiro atoms. The third-order valence-electron chi connectivity index (χ3n) is 2.45. The summed E-state index contributed by atoms with van der Waals surface area (Å²) < 4.78 is 4.96. The monoisotopic (exact) mass is 231 g/mol. The lowest BCUT2D eigenvalue weighted by Gasteiger charge is -2.05. The molecule has 2 aromatic rings. The summed E-state index contributed by atoms with van der Waals surface area (Å²) in [5.41, 5.74) is 0. The van der Waals surface area contributed by atoms with E-state index in [1.807, 2.05) is 13.0 Å². The number of hydrogen-bond donors (Lipinski definition) is 2. The molecule has 88 valence electrons. The molecule has 17 heavy (non-hydrogen) atoms. The molecule has 0 bridgehead atoms. The standard InChI is InChI=1S/C11H13N5O/c1-7-6-10(16-17-7)15-11-12-5-4-9(14-11)13-8-2-3-8/h4-6,8H,2-3H2,1H3,(H2,12,13,14,15,16). The van der Waals surface area contributed by atoms with Crippen molar-refractivity contribution in [2.24, 2.45) is 0 Å². The lowest BCUT2D eigenvalue weighted by molar-refractivity contribution is 0.400. The van der Waals surface area contributed by atoms with Gasteiger partial charge < -0.3 is 15.2 Å². The molecule has 0 atom stereocenters. The minimum atomic E-state index is 0.518. The van der Waals surface area contributed by atoms with Crippen LogP contribution in [0.2, 0.25) is 0 Å². The smallest absolute Gasteiger partial charge is 0.230 e. The van der Waals surface area contributed by atoms with Crippen LogP contribution in [-0.2, 0) is 0 Å². The van der Waals surface area contributed by atoms with Gasteiger partial charge in [-0.05, 0) is 25.8 Å². The van der Waals surface area contributed by atoms with Crippen molar-refractivity contribution in [2.75, 3.05) is 10.6 Å². The molecular weight excluding hydrogens is 218 g/mol. The largest absolute Gasteiger partial charge is 0.367 e. The molecular formula is C11H13N5O. The highest BCUT2D eigenvalue weighted by Gasteiger charge is 2.21. The summed E-state index contributed by atoms with van der Waals surface area (Å²) in [6, 6.07) is 4.23. The minimum absolute atomic E-state index is 0.518. The van der Waals surface area contributed by atoms with Gasteiger partial charge in [-0.3, -0.25) is 0 Å².